The highest BCUT2D eigenvalue weighted by Gasteiger charge is 2.48. The predicted molar refractivity (Wildman–Crippen MR) is 162 cm³/mol. The van der Waals surface area contributed by atoms with E-state index in [9.17, 15) is 25.2 Å². The number of nitrogens with one attached hydrogen (secondary N) is 3. The number of aliphatic hydroxyl groups is 4. The maximum Gasteiger partial charge on any atom is 0.251 e. The molecule has 0 bridgehead atoms. The van der Waals surface area contributed by atoms with Gasteiger partial charge < -0.3 is 55.7 Å². The molecule has 0 aromatic heterocycles. The zero-order valence-electron chi connectivity index (χ0n) is 24.2. The Bertz CT molecular complexity index is 1520. The standard InChI is InChI=1S/C32H36N4O9/c33-29(34)20-9-6-10-21(13-20)36-32(14-22-17-42-18-43-22,31(41)35-15-19-7-2-1-3-8-19)23-11-4-5-12-24(23)44-30-28(40)27(39)26(38)25(16-37)45-30/h1-13,17,25-28,30,36-40H,14-16,18H2,(H3,33,34)(H,35,41). The van der Waals surface area contributed by atoms with Gasteiger partial charge in [0.1, 0.15) is 48.0 Å². The fourth-order valence-corrected chi connectivity index (χ4v) is 5.24. The second-order valence-corrected chi connectivity index (χ2v) is 10.7. The summed E-state index contributed by atoms with van der Waals surface area (Å²) in [7, 11) is 0. The van der Waals surface area contributed by atoms with Crippen molar-refractivity contribution in [2.75, 3.05) is 18.7 Å². The lowest BCUT2D eigenvalue weighted by molar-refractivity contribution is -0.277. The molecule has 1 fully saturated rings. The van der Waals surface area contributed by atoms with Crippen LogP contribution in [-0.2, 0) is 31.1 Å². The van der Waals surface area contributed by atoms with E-state index in [1.165, 1.54) is 6.26 Å². The zero-order chi connectivity index (χ0) is 32.0. The van der Waals surface area contributed by atoms with E-state index in [2.05, 4.69) is 10.6 Å². The number of benzene rings is 3. The summed E-state index contributed by atoms with van der Waals surface area (Å²) < 4.78 is 22.7. The minimum absolute atomic E-state index is 0.0418. The van der Waals surface area contributed by atoms with Crippen molar-refractivity contribution < 1.29 is 44.2 Å². The van der Waals surface area contributed by atoms with E-state index in [0.29, 0.717) is 17.0 Å². The van der Waals surface area contributed by atoms with Crippen molar-refractivity contribution in [3.05, 3.63) is 108 Å². The number of carbonyl (C=O) groups is 1. The molecule has 6 unspecified atom stereocenters. The molecule has 0 spiro atoms. The molecule has 13 nitrogen and oxygen atoms in total. The summed E-state index contributed by atoms with van der Waals surface area (Å²) in [6.07, 6.45) is -6.33. The zero-order valence-corrected chi connectivity index (χ0v) is 24.2. The van der Waals surface area contributed by atoms with E-state index >= 15 is 0 Å². The SMILES string of the molecule is N=C(N)c1cccc(NC(CC2=COCO2)(C(=O)NCc2ccccc2)c2ccccc2OC2OC(CO)C(O)C(O)C2O)c1. The van der Waals surface area contributed by atoms with Gasteiger partial charge in [-0.2, -0.15) is 0 Å². The maximum absolute atomic E-state index is 14.5. The van der Waals surface area contributed by atoms with E-state index in [1.54, 1.807) is 48.5 Å². The first-order valence-corrected chi connectivity index (χ1v) is 14.3. The van der Waals surface area contributed by atoms with Gasteiger partial charge in [-0.1, -0.05) is 60.7 Å². The second kappa shape index (κ2) is 14.0. The highest BCUT2D eigenvalue weighted by Crippen LogP contribution is 2.41. The van der Waals surface area contributed by atoms with Gasteiger partial charge in [0.2, 0.25) is 13.1 Å². The van der Waals surface area contributed by atoms with Crippen LogP contribution in [0, 0.1) is 5.41 Å². The summed E-state index contributed by atoms with van der Waals surface area (Å²) in [6, 6.07) is 22.6. The number of amidine groups is 1. The number of carbonyl (C=O) groups excluding carboxylic acids is 1. The van der Waals surface area contributed by atoms with Crippen LogP contribution in [0.1, 0.15) is 23.1 Å². The van der Waals surface area contributed by atoms with Gasteiger partial charge in [0.15, 0.2) is 5.54 Å². The quantitative estimate of drug-likeness (QED) is 0.106. The number of nitrogens with two attached hydrogens (primary N) is 1. The summed E-state index contributed by atoms with van der Waals surface area (Å²) >= 11 is 0. The number of anilines is 1. The molecule has 6 atom stereocenters. The molecule has 13 heteroatoms. The number of aliphatic hydroxyl groups excluding tert-OH is 4. The first kappa shape index (κ1) is 31.8. The Balaban J connectivity index is 1.61. The lowest BCUT2D eigenvalue weighted by Crippen LogP contribution is -2.60. The van der Waals surface area contributed by atoms with Gasteiger partial charge in [0.05, 0.1) is 6.61 Å². The Labute approximate surface area is 259 Å². The van der Waals surface area contributed by atoms with Crippen molar-refractivity contribution in [3.8, 4) is 5.75 Å². The van der Waals surface area contributed by atoms with E-state index in [4.69, 9.17) is 30.1 Å². The molecule has 0 aliphatic carbocycles. The summed E-state index contributed by atoms with van der Waals surface area (Å²) in [4.78, 5) is 14.5. The average Bonchev–Trinajstić information content (AvgIpc) is 3.57. The van der Waals surface area contributed by atoms with Crippen LogP contribution >= 0.6 is 0 Å². The van der Waals surface area contributed by atoms with Gasteiger partial charge in [0, 0.05) is 29.8 Å². The lowest BCUT2D eigenvalue weighted by atomic mass is 9.83. The molecule has 5 rings (SSSR count). The third-order valence-corrected chi connectivity index (χ3v) is 7.62. The van der Waals surface area contributed by atoms with Gasteiger partial charge in [0.25, 0.3) is 5.91 Å². The van der Waals surface area contributed by atoms with Crippen LogP contribution in [-0.4, -0.2) is 76.3 Å². The lowest BCUT2D eigenvalue weighted by Gasteiger charge is -2.41. The van der Waals surface area contributed by atoms with Gasteiger partial charge >= 0.3 is 0 Å². The Hall–Kier alpha value is -4.66. The average molecular weight is 621 g/mol. The summed E-state index contributed by atoms with van der Waals surface area (Å²) in [5.74, 6) is -0.214. The van der Waals surface area contributed by atoms with Crippen LogP contribution in [0.15, 0.2) is 90.9 Å². The number of rotatable bonds is 12. The molecular weight excluding hydrogens is 584 g/mol. The topological polar surface area (TPSA) is 209 Å². The van der Waals surface area contributed by atoms with E-state index in [-0.39, 0.29) is 36.9 Å². The van der Waals surface area contributed by atoms with Gasteiger partial charge in [-0.3, -0.25) is 10.2 Å². The molecule has 1 saturated heterocycles. The third-order valence-electron chi connectivity index (χ3n) is 7.62. The van der Waals surface area contributed by atoms with Gasteiger partial charge in [-0.15, -0.1) is 0 Å². The highest BCUT2D eigenvalue weighted by atomic mass is 16.7. The normalized spacial score (nSPS) is 23.9. The van der Waals surface area contributed by atoms with Crippen LogP contribution in [0.2, 0.25) is 0 Å². The minimum atomic E-state index is -1.69. The first-order valence-electron chi connectivity index (χ1n) is 14.3. The maximum atomic E-state index is 14.5. The molecular formula is C32H36N4O9. The Kier molecular flexibility index (Phi) is 9.86. The fraction of sp³-hybridized carbons (Fsp3) is 0.312. The fourth-order valence-electron chi connectivity index (χ4n) is 5.24. The molecule has 3 aromatic carbocycles. The summed E-state index contributed by atoms with van der Waals surface area (Å²) in [5, 5.41) is 55.3. The molecule has 0 saturated carbocycles. The Morgan fingerprint density at radius 2 is 1.76 bits per heavy atom. The van der Waals surface area contributed by atoms with Crippen LogP contribution in [0.4, 0.5) is 5.69 Å². The number of hydrogen-bond donors (Lipinski definition) is 8. The Morgan fingerprint density at radius 3 is 2.47 bits per heavy atom. The van der Waals surface area contributed by atoms with Crippen molar-refractivity contribution in [1.29, 1.82) is 5.41 Å². The van der Waals surface area contributed by atoms with Crippen molar-refractivity contribution in [2.24, 2.45) is 5.73 Å². The smallest absolute Gasteiger partial charge is 0.251 e. The van der Waals surface area contributed by atoms with Crippen LogP contribution in [0.3, 0.4) is 0 Å². The number of ether oxygens (including phenoxy) is 4. The van der Waals surface area contributed by atoms with E-state index in [0.717, 1.165) is 5.56 Å². The Morgan fingerprint density at radius 1 is 1.00 bits per heavy atom. The van der Waals surface area contributed by atoms with Crippen LogP contribution in [0.25, 0.3) is 0 Å². The molecule has 9 N–H and O–H groups in total. The van der Waals surface area contributed by atoms with Gasteiger partial charge in [-0.25, -0.2) is 0 Å². The second-order valence-electron chi connectivity index (χ2n) is 10.7. The molecule has 3 aromatic rings. The van der Waals surface area contributed by atoms with Gasteiger partial charge in [-0.05, 0) is 23.8 Å². The van der Waals surface area contributed by atoms with Crippen molar-refractivity contribution in [3.63, 3.8) is 0 Å². The molecule has 2 aliphatic heterocycles. The molecule has 1 amide bonds. The van der Waals surface area contributed by atoms with E-state index in [1.807, 2.05) is 30.3 Å². The number of para-hydroxylation sites is 1. The van der Waals surface area contributed by atoms with Crippen molar-refractivity contribution >= 4 is 17.4 Å². The molecule has 2 heterocycles. The van der Waals surface area contributed by atoms with Crippen molar-refractivity contribution in [2.45, 2.75) is 49.2 Å². The number of hydrogen-bond acceptors (Lipinski definition) is 11. The van der Waals surface area contributed by atoms with Crippen LogP contribution in [0.5, 0.6) is 5.75 Å². The predicted octanol–water partition coefficient (Wildman–Crippen LogP) is 1.01. The third kappa shape index (κ3) is 7.03. The number of amides is 1. The summed E-state index contributed by atoms with van der Waals surface area (Å²) in [5.41, 5.74) is 6.10. The first-order chi connectivity index (χ1) is 21.7. The summed E-state index contributed by atoms with van der Waals surface area (Å²) in [6.45, 7) is -0.500. The van der Waals surface area contributed by atoms with Crippen LogP contribution < -0.4 is 21.1 Å². The van der Waals surface area contributed by atoms with E-state index < -0.39 is 48.8 Å². The minimum Gasteiger partial charge on any atom is -0.462 e. The van der Waals surface area contributed by atoms with Crippen molar-refractivity contribution in [1.82, 2.24) is 5.32 Å². The molecule has 238 valence electrons. The molecule has 2 aliphatic rings. The highest BCUT2D eigenvalue weighted by molar-refractivity contribution is 5.96. The largest absolute Gasteiger partial charge is 0.462 e. The molecule has 0 radical (unpaired) electrons. The number of nitrogen functional groups attached to an aromatic ring is 1. The molecule has 45 heavy (non-hydrogen) atoms. The monoisotopic (exact) mass is 620 g/mol.